The summed E-state index contributed by atoms with van der Waals surface area (Å²) in [5.74, 6) is 0.231. The minimum absolute atomic E-state index is 0.00389. The Labute approximate surface area is 105 Å². The highest BCUT2D eigenvalue weighted by Crippen LogP contribution is 2.17. The molecule has 0 aromatic carbocycles. The van der Waals surface area contributed by atoms with Gasteiger partial charge in [0.05, 0.1) is 5.92 Å². The van der Waals surface area contributed by atoms with Crippen molar-refractivity contribution in [2.75, 3.05) is 33.2 Å². The van der Waals surface area contributed by atoms with Gasteiger partial charge in [0.25, 0.3) is 0 Å². The van der Waals surface area contributed by atoms with Crippen molar-refractivity contribution in [2.45, 2.75) is 39.2 Å². The topological polar surface area (TPSA) is 49.6 Å². The van der Waals surface area contributed by atoms with E-state index >= 15 is 0 Å². The maximum Gasteiger partial charge on any atom is 0.226 e. The summed E-state index contributed by atoms with van der Waals surface area (Å²) in [5.41, 5.74) is 5.64. The molecule has 17 heavy (non-hydrogen) atoms. The first-order valence-electron chi connectivity index (χ1n) is 6.83. The Balaban J connectivity index is 2.47. The van der Waals surface area contributed by atoms with Gasteiger partial charge in [-0.1, -0.05) is 13.8 Å². The van der Waals surface area contributed by atoms with Crippen molar-refractivity contribution in [3.05, 3.63) is 0 Å². The highest BCUT2D eigenvalue weighted by molar-refractivity contribution is 5.79. The number of hydrogen-bond acceptors (Lipinski definition) is 3. The van der Waals surface area contributed by atoms with Crippen LogP contribution < -0.4 is 5.73 Å². The van der Waals surface area contributed by atoms with E-state index < -0.39 is 0 Å². The van der Waals surface area contributed by atoms with Gasteiger partial charge in [-0.2, -0.15) is 0 Å². The minimum Gasteiger partial charge on any atom is -0.342 e. The van der Waals surface area contributed by atoms with Crippen molar-refractivity contribution in [3.63, 3.8) is 0 Å². The van der Waals surface area contributed by atoms with E-state index in [0.29, 0.717) is 12.6 Å². The third kappa shape index (κ3) is 3.68. The summed E-state index contributed by atoms with van der Waals surface area (Å²) >= 11 is 0. The highest BCUT2D eigenvalue weighted by atomic mass is 16.2. The average Bonchev–Trinajstić information content (AvgIpc) is 2.39. The van der Waals surface area contributed by atoms with Crippen molar-refractivity contribution in [1.29, 1.82) is 0 Å². The third-order valence-corrected chi connectivity index (χ3v) is 4.03. The van der Waals surface area contributed by atoms with Gasteiger partial charge < -0.3 is 15.5 Å². The largest absolute Gasteiger partial charge is 0.342 e. The third-order valence-electron chi connectivity index (χ3n) is 4.03. The number of nitrogens with two attached hydrogens (primary N) is 1. The number of hydrogen-bond donors (Lipinski definition) is 1. The van der Waals surface area contributed by atoms with Crippen LogP contribution >= 0.6 is 0 Å². The molecule has 1 aliphatic rings. The Bertz CT molecular complexity index is 233. The molecule has 0 saturated carbocycles. The number of nitrogens with zero attached hydrogens (tertiary/aromatic N) is 2. The van der Waals surface area contributed by atoms with Gasteiger partial charge in [0, 0.05) is 32.7 Å². The van der Waals surface area contributed by atoms with Crippen LogP contribution in [0.3, 0.4) is 0 Å². The van der Waals surface area contributed by atoms with Gasteiger partial charge in [0.15, 0.2) is 0 Å². The fourth-order valence-electron chi connectivity index (χ4n) is 2.53. The van der Waals surface area contributed by atoms with Gasteiger partial charge in [-0.3, -0.25) is 4.79 Å². The van der Waals surface area contributed by atoms with Crippen LogP contribution in [0.4, 0.5) is 0 Å². The summed E-state index contributed by atoms with van der Waals surface area (Å²) in [6, 6.07) is 0.408. The van der Waals surface area contributed by atoms with Crippen LogP contribution in [0.25, 0.3) is 0 Å². The number of carbonyl (C=O) groups is 1. The summed E-state index contributed by atoms with van der Waals surface area (Å²) in [6.07, 6.45) is 3.03. The van der Waals surface area contributed by atoms with E-state index in [0.717, 1.165) is 38.9 Å². The summed E-state index contributed by atoms with van der Waals surface area (Å²) in [5, 5.41) is 0. The smallest absolute Gasteiger partial charge is 0.226 e. The molecule has 100 valence electrons. The summed E-state index contributed by atoms with van der Waals surface area (Å²) in [6.45, 7) is 8.02. The van der Waals surface area contributed by atoms with Crippen molar-refractivity contribution in [1.82, 2.24) is 9.80 Å². The molecule has 1 amide bonds. The molecule has 4 heteroatoms. The molecule has 1 saturated heterocycles. The normalized spacial score (nSPS) is 20.2. The van der Waals surface area contributed by atoms with Crippen LogP contribution in [0.15, 0.2) is 0 Å². The maximum absolute atomic E-state index is 12.2. The van der Waals surface area contributed by atoms with E-state index in [1.165, 1.54) is 0 Å². The molecule has 1 unspecified atom stereocenters. The monoisotopic (exact) mass is 241 g/mol. The predicted molar refractivity (Wildman–Crippen MR) is 70.7 cm³/mol. The van der Waals surface area contributed by atoms with E-state index in [-0.39, 0.29) is 11.8 Å². The molecule has 0 aliphatic carbocycles. The summed E-state index contributed by atoms with van der Waals surface area (Å²) < 4.78 is 0. The SMILES string of the molecule is CCC(CN)C(=O)N(C)C1CCN(CC)CC1. The molecule has 2 N–H and O–H groups in total. The van der Waals surface area contributed by atoms with E-state index in [1.54, 1.807) is 0 Å². The molecule has 0 bridgehead atoms. The van der Waals surface area contributed by atoms with Crippen molar-refractivity contribution < 1.29 is 4.79 Å². The number of carbonyl (C=O) groups excluding carboxylic acids is 1. The summed E-state index contributed by atoms with van der Waals surface area (Å²) in [4.78, 5) is 16.6. The van der Waals surface area contributed by atoms with Crippen LogP contribution in [0, 0.1) is 5.92 Å². The molecular formula is C13H27N3O. The predicted octanol–water partition coefficient (Wildman–Crippen LogP) is 0.914. The second-order valence-corrected chi connectivity index (χ2v) is 4.96. The van der Waals surface area contributed by atoms with Crippen LogP contribution in [0.1, 0.15) is 33.1 Å². The molecule has 0 aromatic rings. The van der Waals surface area contributed by atoms with Gasteiger partial charge in [-0.15, -0.1) is 0 Å². The average molecular weight is 241 g/mol. The van der Waals surface area contributed by atoms with Crippen LogP contribution in [-0.2, 0) is 4.79 Å². The Morgan fingerprint density at radius 2 is 2.00 bits per heavy atom. The number of piperidine rings is 1. The maximum atomic E-state index is 12.2. The number of likely N-dealkylation sites (tertiary alicyclic amines) is 1. The first-order valence-corrected chi connectivity index (χ1v) is 6.83. The molecular weight excluding hydrogens is 214 g/mol. The molecule has 0 radical (unpaired) electrons. The number of amides is 1. The van der Waals surface area contributed by atoms with Crippen LogP contribution in [0.5, 0.6) is 0 Å². The molecule has 4 nitrogen and oxygen atoms in total. The molecule has 1 fully saturated rings. The summed E-state index contributed by atoms with van der Waals surface area (Å²) in [7, 11) is 1.94. The Morgan fingerprint density at radius 3 is 2.41 bits per heavy atom. The molecule has 0 spiro atoms. The van der Waals surface area contributed by atoms with Crippen LogP contribution in [-0.4, -0.2) is 55.0 Å². The van der Waals surface area contributed by atoms with E-state index in [1.807, 2.05) is 18.9 Å². The zero-order valence-corrected chi connectivity index (χ0v) is 11.5. The van der Waals surface area contributed by atoms with Gasteiger partial charge in [0.1, 0.15) is 0 Å². The van der Waals surface area contributed by atoms with Crippen LogP contribution in [0.2, 0.25) is 0 Å². The molecule has 1 heterocycles. The first kappa shape index (κ1) is 14.5. The van der Waals surface area contributed by atoms with E-state index in [2.05, 4.69) is 11.8 Å². The fraction of sp³-hybridized carbons (Fsp3) is 0.923. The molecule has 1 atom stereocenters. The quantitative estimate of drug-likeness (QED) is 0.778. The number of rotatable bonds is 5. The van der Waals surface area contributed by atoms with E-state index in [4.69, 9.17) is 5.73 Å². The lowest BCUT2D eigenvalue weighted by atomic mass is 10.00. The zero-order valence-electron chi connectivity index (χ0n) is 11.5. The second kappa shape index (κ2) is 6.97. The van der Waals surface area contributed by atoms with Crippen molar-refractivity contribution in [2.24, 2.45) is 11.7 Å². The fourth-order valence-corrected chi connectivity index (χ4v) is 2.53. The Hall–Kier alpha value is -0.610. The molecule has 0 aromatic heterocycles. The van der Waals surface area contributed by atoms with E-state index in [9.17, 15) is 4.79 Å². The molecule has 1 rings (SSSR count). The van der Waals surface area contributed by atoms with Gasteiger partial charge in [-0.25, -0.2) is 0 Å². The second-order valence-electron chi connectivity index (χ2n) is 4.96. The minimum atomic E-state index is 0.00389. The standard InChI is InChI=1S/C13H27N3O/c1-4-11(10-14)13(17)15(3)12-6-8-16(5-2)9-7-12/h11-12H,4-10,14H2,1-3H3. The Morgan fingerprint density at radius 1 is 1.41 bits per heavy atom. The molecule has 1 aliphatic heterocycles. The lowest BCUT2D eigenvalue weighted by Crippen LogP contribution is -2.48. The van der Waals surface area contributed by atoms with Gasteiger partial charge in [-0.05, 0) is 25.8 Å². The Kier molecular flexibility index (Phi) is 5.92. The highest BCUT2D eigenvalue weighted by Gasteiger charge is 2.27. The van der Waals surface area contributed by atoms with Gasteiger partial charge in [0.2, 0.25) is 5.91 Å². The van der Waals surface area contributed by atoms with Gasteiger partial charge >= 0.3 is 0 Å². The lowest BCUT2D eigenvalue weighted by Gasteiger charge is -2.37. The first-order chi connectivity index (χ1) is 8.13. The van der Waals surface area contributed by atoms with Crippen molar-refractivity contribution >= 4 is 5.91 Å². The lowest BCUT2D eigenvalue weighted by molar-refractivity contribution is -0.137. The zero-order chi connectivity index (χ0) is 12.8. The van der Waals surface area contributed by atoms with Crippen molar-refractivity contribution in [3.8, 4) is 0 Å².